The summed E-state index contributed by atoms with van der Waals surface area (Å²) in [5.41, 5.74) is 2.00. The van der Waals surface area contributed by atoms with Crippen molar-refractivity contribution in [2.24, 2.45) is 0 Å². The maximum atomic E-state index is 12.9. The van der Waals surface area contributed by atoms with Gasteiger partial charge in [-0.15, -0.1) is 0 Å². The minimum absolute atomic E-state index is 0.502. The van der Waals surface area contributed by atoms with Crippen LogP contribution in [0.4, 0.5) is 0 Å². The summed E-state index contributed by atoms with van der Waals surface area (Å²) in [4.78, 5) is 0.871. The van der Waals surface area contributed by atoms with Crippen LogP contribution in [-0.2, 0) is 16.6 Å². The first kappa shape index (κ1) is 15.2. The predicted octanol–water partition coefficient (Wildman–Crippen LogP) is 5.55. The molecule has 110 valence electrons. The highest BCUT2D eigenvalue weighted by molar-refractivity contribution is 9.10. The van der Waals surface area contributed by atoms with Gasteiger partial charge in [0, 0.05) is 4.47 Å². The maximum absolute atomic E-state index is 12.9. The fourth-order valence-corrected chi connectivity index (χ4v) is 4.23. The highest BCUT2D eigenvalue weighted by Crippen LogP contribution is 2.28. The van der Waals surface area contributed by atoms with Crippen molar-refractivity contribution in [2.45, 2.75) is 10.6 Å². The molecule has 0 amide bonds. The Bertz CT molecular complexity index is 853. The van der Waals surface area contributed by atoms with Crippen LogP contribution in [0, 0.1) is 0 Å². The lowest BCUT2D eigenvalue weighted by Gasteiger charge is -2.11. The number of hydrogen-bond acceptors (Lipinski definition) is 1. The fourth-order valence-electron chi connectivity index (χ4n) is 2.48. The summed E-state index contributed by atoms with van der Waals surface area (Å²) < 4.78 is 14.0. The minimum atomic E-state index is -1.11. The average molecular weight is 371 g/mol. The lowest BCUT2D eigenvalue weighted by atomic mass is 10.1. The lowest BCUT2D eigenvalue weighted by Crippen LogP contribution is -2.00. The Morgan fingerprint density at radius 2 is 1.73 bits per heavy atom. The van der Waals surface area contributed by atoms with E-state index in [1.807, 2.05) is 60.7 Å². The van der Waals surface area contributed by atoms with Gasteiger partial charge in [0.05, 0.1) is 21.4 Å². The van der Waals surface area contributed by atoms with Crippen molar-refractivity contribution in [3.63, 3.8) is 0 Å². The second kappa shape index (κ2) is 6.59. The Kier molecular flexibility index (Phi) is 4.55. The van der Waals surface area contributed by atoms with Crippen LogP contribution in [0.2, 0.25) is 0 Å². The maximum Gasteiger partial charge on any atom is 0.0586 e. The Balaban J connectivity index is 2.06. The quantitative estimate of drug-likeness (QED) is 0.587. The van der Waals surface area contributed by atoms with E-state index in [-0.39, 0.29) is 0 Å². The lowest BCUT2D eigenvalue weighted by molar-refractivity contribution is 0.683. The van der Waals surface area contributed by atoms with E-state index in [0.717, 1.165) is 31.3 Å². The molecular formula is C19H15BrOS. The van der Waals surface area contributed by atoms with E-state index in [0.29, 0.717) is 5.75 Å². The molecule has 3 rings (SSSR count). The van der Waals surface area contributed by atoms with Crippen LogP contribution in [0.5, 0.6) is 0 Å². The molecule has 1 unspecified atom stereocenters. The topological polar surface area (TPSA) is 17.1 Å². The van der Waals surface area contributed by atoms with Crippen LogP contribution in [0.25, 0.3) is 16.8 Å². The molecule has 3 aromatic rings. The van der Waals surface area contributed by atoms with Crippen molar-refractivity contribution in [1.82, 2.24) is 0 Å². The summed E-state index contributed by atoms with van der Waals surface area (Å²) in [6.07, 6.45) is 1.78. The van der Waals surface area contributed by atoms with Crippen LogP contribution in [0.15, 0.2) is 76.6 Å². The molecule has 0 aliphatic carbocycles. The SMILES string of the molecule is C=Cc1ccc2ccccc2c1S(=O)Cc1ccc(Br)cc1. The molecule has 1 atom stereocenters. The normalized spacial score (nSPS) is 12.2. The molecule has 0 saturated heterocycles. The Morgan fingerprint density at radius 1 is 1.00 bits per heavy atom. The zero-order valence-corrected chi connectivity index (χ0v) is 14.4. The molecule has 0 N–H and O–H groups in total. The first-order chi connectivity index (χ1) is 10.7. The molecule has 0 fully saturated rings. The minimum Gasteiger partial charge on any atom is -0.254 e. The molecule has 0 radical (unpaired) electrons. The zero-order valence-electron chi connectivity index (χ0n) is 12.0. The Hall–Kier alpha value is -1.71. The van der Waals surface area contributed by atoms with Crippen molar-refractivity contribution < 1.29 is 4.21 Å². The molecule has 3 aromatic carbocycles. The van der Waals surface area contributed by atoms with Crippen molar-refractivity contribution in [3.8, 4) is 0 Å². The molecule has 22 heavy (non-hydrogen) atoms. The van der Waals surface area contributed by atoms with E-state index < -0.39 is 10.8 Å². The van der Waals surface area contributed by atoms with Gasteiger partial charge in [-0.3, -0.25) is 4.21 Å². The summed E-state index contributed by atoms with van der Waals surface area (Å²) in [5, 5.41) is 2.14. The second-order valence-corrected chi connectivity index (χ2v) is 7.33. The van der Waals surface area contributed by atoms with E-state index >= 15 is 0 Å². The molecule has 0 aliphatic rings. The van der Waals surface area contributed by atoms with Gasteiger partial charge in [-0.05, 0) is 34.0 Å². The van der Waals surface area contributed by atoms with Crippen LogP contribution in [0.1, 0.15) is 11.1 Å². The first-order valence-electron chi connectivity index (χ1n) is 6.96. The number of fused-ring (bicyclic) bond motifs is 1. The molecule has 0 bridgehead atoms. The molecule has 0 aromatic heterocycles. The van der Waals surface area contributed by atoms with Gasteiger partial charge in [-0.2, -0.15) is 0 Å². The van der Waals surface area contributed by atoms with E-state index in [9.17, 15) is 4.21 Å². The average Bonchev–Trinajstić information content (AvgIpc) is 2.55. The van der Waals surface area contributed by atoms with Gasteiger partial charge in [0.25, 0.3) is 0 Å². The smallest absolute Gasteiger partial charge is 0.0586 e. The molecule has 1 nitrogen and oxygen atoms in total. The highest BCUT2D eigenvalue weighted by atomic mass is 79.9. The largest absolute Gasteiger partial charge is 0.254 e. The zero-order chi connectivity index (χ0) is 15.5. The number of rotatable bonds is 4. The highest BCUT2D eigenvalue weighted by Gasteiger charge is 2.13. The van der Waals surface area contributed by atoms with Gasteiger partial charge in [-0.1, -0.05) is 77.1 Å². The van der Waals surface area contributed by atoms with Gasteiger partial charge in [0.1, 0.15) is 0 Å². The number of hydrogen-bond donors (Lipinski definition) is 0. The van der Waals surface area contributed by atoms with Crippen LogP contribution >= 0.6 is 15.9 Å². The third kappa shape index (κ3) is 3.06. The van der Waals surface area contributed by atoms with Crippen LogP contribution < -0.4 is 0 Å². The predicted molar refractivity (Wildman–Crippen MR) is 98.3 cm³/mol. The van der Waals surface area contributed by atoms with Gasteiger partial charge >= 0.3 is 0 Å². The van der Waals surface area contributed by atoms with Gasteiger partial charge in [0.15, 0.2) is 0 Å². The molecule has 3 heteroatoms. The molecular weight excluding hydrogens is 356 g/mol. The summed E-state index contributed by atoms with van der Waals surface area (Å²) in [6, 6.07) is 20.0. The van der Waals surface area contributed by atoms with Crippen molar-refractivity contribution >= 4 is 43.6 Å². The molecule has 0 spiro atoms. The summed E-state index contributed by atoms with van der Waals surface area (Å²) in [5.74, 6) is 0.502. The number of benzene rings is 3. The van der Waals surface area contributed by atoms with E-state index in [1.165, 1.54) is 0 Å². The standard InChI is InChI=1S/C19H15BrOS/c1-2-15-9-10-16-5-3-4-6-18(16)19(15)22(21)13-14-7-11-17(20)12-8-14/h2-12H,1,13H2. The molecule has 0 aliphatic heterocycles. The third-order valence-corrected chi connectivity index (χ3v) is 5.60. The monoisotopic (exact) mass is 370 g/mol. The summed E-state index contributed by atoms with van der Waals surface area (Å²) >= 11 is 3.42. The fraction of sp³-hybridized carbons (Fsp3) is 0.0526. The van der Waals surface area contributed by atoms with Crippen molar-refractivity contribution in [2.75, 3.05) is 0 Å². The first-order valence-corrected chi connectivity index (χ1v) is 9.07. The van der Waals surface area contributed by atoms with Crippen LogP contribution in [0.3, 0.4) is 0 Å². The van der Waals surface area contributed by atoms with Gasteiger partial charge in [-0.25, -0.2) is 0 Å². The van der Waals surface area contributed by atoms with E-state index in [1.54, 1.807) is 6.08 Å². The van der Waals surface area contributed by atoms with Crippen molar-refractivity contribution in [3.05, 3.63) is 82.8 Å². The summed E-state index contributed by atoms with van der Waals surface area (Å²) in [7, 11) is -1.11. The van der Waals surface area contributed by atoms with Gasteiger partial charge < -0.3 is 0 Å². The Labute approximate surface area is 141 Å². The third-order valence-electron chi connectivity index (χ3n) is 3.57. The number of halogens is 1. The van der Waals surface area contributed by atoms with Crippen molar-refractivity contribution in [1.29, 1.82) is 0 Å². The van der Waals surface area contributed by atoms with E-state index in [2.05, 4.69) is 22.5 Å². The molecule has 0 saturated carbocycles. The van der Waals surface area contributed by atoms with Gasteiger partial charge in [0.2, 0.25) is 0 Å². The summed E-state index contributed by atoms with van der Waals surface area (Å²) in [6.45, 7) is 3.86. The second-order valence-electron chi connectivity index (χ2n) is 5.03. The molecule has 0 heterocycles. The van der Waals surface area contributed by atoms with Crippen LogP contribution in [-0.4, -0.2) is 4.21 Å². The Morgan fingerprint density at radius 3 is 2.45 bits per heavy atom. The van der Waals surface area contributed by atoms with E-state index in [4.69, 9.17) is 0 Å².